The van der Waals surface area contributed by atoms with E-state index >= 15 is 0 Å². The van der Waals surface area contributed by atoms with Gasteiger partial charge in [-0.3, -0.25) is 4.79 Å². The second kappa shape index (κ2) is 6.94. The summed E-state index contributed by atoms with van der Waals surface area (Å²) in [4.78, 5) is 24.5. The summed E-state index contributed by atoms with van der Waals surface area (Å²) in [6, 6.07) is 13.7. The van der Waals surface area contributed by atoms with Crippen molar-refractivity contribution in [1.29, 1.82) is 0 Å². The Morgan fingerprint density at radius 2 is 1.85 bits per heavy atom. The third-order valence-electron chi connectivity index (χ3n) is 4.53. The first-order valence-electron chi connectivity index (χ1n) is 8.96. The molecule has 0 heterocycles. The standard InChI is InChI=1S/C22H25NO3/c1-14-7-5-6-8-17(14)15-9-11-18-16(13-15)10-12-19(24)20(18)23-21(25)26-22(2,3)4/h5-9,11,13,20H,10,12H2,1-4H3,(H,23,25). The molecule has 0 radical (unpaired) electrons. The molecule has 0 fully saturated rings. The Hall–Kier alpha value is -2.62. The highest BCUT2D eigenvalue weighted by Crippen LogP contribution is 2.32. The summed E-state index contributed by atoms with van der Waals surface area (Å²) in [5.74, 6) is 0.0204. The fourth-order valence-electron chi connectivity index (χ4n) is 3.33. The van der Waals surface area contributed by atoms with Gasteiger partial charge in [-0.05, 0) is 61.9 Å². The quantitative estimate of drug-likeness (QED) is 0.850. The van der Waals surface area contributed by atoms with Crippen LogP contribution in [0.1, 0.15) is 49.9 Å². The lowest BCUT2D eigenvalue weighted by atomic mass is 9.84. The smallest absolute Gasteiger partial charge is 0.408 e. The minimum atomic E-state index is -0.639. The normalized spacial score (nSPS) is 16.8. The molecule has 0 saturated carbocycles. The van der Waals surface area contributed by atoms with Gasteiger partial charge in [-0.2, -0.15) is 0 Å². The molecule has 1 aliphatic carbocycles. The summed E-state index contributed by atoms with van der Waals surface area (Å²) >= 11 is 0. The number of nitrogens with one attached hydrogen (secondary N) is 1. The van der Waals surface area contributed by atoms with Gasteiger partial charge < -0.3 is 10.1 Å². The maximum absolute atomic E-state index is 12.4. The second-order valence-corrected chi connectivity index (χ2v) is 7.77. The van der Waals surface area contributed by atoms with Crippen molar-refractivity contribution in [2.45, 2.75) is 52.2 Å². The molecule has 2 aromatic carbocycles. The van der Waals surface area contributed by atoms with E-state index in [2.05, 4.69) is 30.4 Å². The second-order valence-electron chi connectivity index (χ2n) is 7.77. The lowest BCUT2D eigenvalue weighted by molar-refractivity contribution is -0.121. The van der Waals surface area contributed by atoms with Crippen LogP contribution in [0.3, 0.4) is 0 Å². The summed E-state index contributed by atoms with van der Waals surface area (Å²) in [6.07, 6.45) is 0.553. The van der Waals surface area contributed by atoms with Crippen LogP contribution in [0.25, 0.3) is 11.1 Å². The van der Waals surface area contributed by atoms with E-state index in [1.54, 1.807) is 20.8 Å². The van der Waals surface area contributed by atoms with Gasteiger partial charge in [-0.25, -0.2) is 4.79 Å². The number of fused-ring (bicyclic) bond motifs is 1. The van der Waals surface area contributed by atoms with Gasteiger partial charge in [0.25, 0.3) is 0 Å². The number of alkyl carbamates (subject to hydrolysis) is 1. The zero-order valence-corrected chi connectivity index (χ0v) is 15.8. The molecule has 1 N–H and O–H groups in total. The van der Waals surface area contributed by atoms with Crippen molar-refractivity contribution in [3.05, 3.63) is 59.2 Å². The summed E-state index contributed by atoms with van der Waals surface area (Å²) in [6.45, 7) is 7.50. The van der Waals surface area contributed by atoms with Crippen LogP contribution in [-0.4, -0.2) is 17.5 Å². The first-order valence-corrected chi connectivity index (χ1v) is 8.96. The Bertz CT molecular complexity index is 849. The highest BCUT2D eigenvalue weighted by molar-refractivity contribution is 5.91. The van der Waals surface area contributed by atoms with Gasteiger partial charge in [-0.1, -0.05) is 42.5 Å². The third-order valence-corrected chi connectivity index (χ3v) is 4.53. The Balaban J connectivity index is 1.89. The van der Waals surface area contributed by atoms with Gasteiger partial charge in [0, 0.05) is 6.42 Å². The molecule has 0 aliphatic heterocycles. The molecule has 4 heteroatoms. The topological polar surface area (TPSA) is 55.4 Å². The zero-order valence-electron chi connectivity index (χ0n) is 15.8. The minimum Gasteiger partial charge on any atom is -0.444 e. The van der Waals surface area contributed by atoms with E-state index in [9.17, 15) is 9.59 Å². The highest BCUT2D eigenvalue weighted by Gasteiger charge is 2.30. The van der Waals surface area contributed by atoms with E-state index in [4.69, 9.17) is 4.74 Å². The Morgan fingerprint density at radius 1 is 1.12 bits per heavy atom. The number of hydrogen-bond donors (Lipinski definition) is 1. The molecular formula is C22H25NO3. The largest absolute Gasteiger partial charge is 0.444 e. The van der Waals surface area contributed by atoms with Crippen LogP contribution >= 0.6 is 0 Å². The van der Waals surface area contributed by atoms with Gasteiger partial charge in [0.05, 0.1) is 0 Å². The fraction of sp³-hybridized carbons (Fsp3) is 0.364. The van der Waals surface area contributed by atoms with Crippen molar-refractivity contribution in [3.8, 4) is 11.1 Å². The number of aryl methyl sites for hydroxylation is 2. The number of benzene rings is 2. The molecule has 0 aromatic heterocycles. The average Bonchev–Trinajstić information content (AvgIpc) is 2.56. The third kappa shape index (κ3) is 3.96. The van der Waals surface area contributed by atoms with Crippen molar-refractivity contribution < 1.29 is 14.3 Å². The van der Waals surface area contributed by atoms with Crippen molar-refractivity contribution in [2.24, 2.45) is 0 Å². The summed E-state index contributed by atoms with van der Waals surface area (Å²) < 4.78 is 5.31. The van der Waals surface area contributed by atoms with Crippen LogP contribution in [0.2, 0.25) is 0 Å². The number of carbonyl (C=O) groups excluding carboxylic acids is 2. The minimum absolute atomic E-state index is 0.0204. The van der Waals surface area contributed by atoms with Crippen LogP contribution in [0.4, 0.5) is 4.79 Å². The Labute approximate surface area is 154 Å². The van der Waals surface area contributed by atoms with Gasteiger partial charge in [-0.15, -0.1) is 0 Å². The van der Waals surface area contributed by atoms with Crippen LogP contribution in [0, 0.1) is 6.92 Å². The van der Waals surface area contributed by atoms with E-state index in [0.717, 1.165) is 16.7 Å². The molecule has 4 nitrogen and oxygen atoms in total. The van der Waals surface area contributed by atoms with Crippen molar-refractivity contribution in [2.75, 3.05) is 0 Å². The first-order chi connectivity index (χ1) is 12.2. The van der Waals surface area contributed by atoms with Crippen LogP contribution in [-0.2, 0) is 16.0 Å². The molecule has 136 valence electrons. The van der Waals surface area contributed by atoms with Crippen molar-refractivity contribution >= 4 is 11.9 Å². The molecule has 1 atom stereocenters. The van der Waals surface area contributed by atoms with Crippen LogP contribution < -0.4 is 5.32 Å². The average molecular weight is 351 g/mol. The Morgan fingerprint density at radius 3 is 2.54 bits per heavy atom. The lowest BCUT2D eigenvalue weighted by Crippen LogP contribution is -2.40. The number of amides is 1. The maximum atomic E-state index is 12.4. The molecule has 0 bridgehead atoms. The van der Waals surface area contributed by atoms with Crippen LogP contribution in [0.15, 0.2) is 42.5 Å². The molecule has 1 amide bonds. The van der Waals surface area contributed by atoms with E-state index in [1.165, 1.54) is 11.1 Å². The van der Waals surface area contributed by atoms with Crippen molar-refractivity contribution in [3.63, 3.8) is 0 Å². The summed E-state index contributed by atoms with van der Waals surface area (Å²) in [5, 5.41) is 2.74. The van der Waals surface area contributed by atoms with Gasteiger partial charge in [0.1, 0.15) is 11.6 Å². The molecule has 3 rings (SSSR count). The number of Topliss-reactive ketones (excluding diaryl/α,β-unsaturated/α-hetero) is 1. The Kier molecular flexibility index (Phi) is 4.86. The summed E-state index contributed by atoms with van der Waals surface area (Å²) in [7, 11) is 0. The number of carbonyl (C=O) groups is 2. The lowest BCUT2D eigenvalue weighted by Gasteiger charge is -2.27. The van der Waals surface area contributed by atoms with E-state index in [1.807, 2.05) is 24.3 Å². The molecular weight excluding hydrogens is 326 g/mol. The van der Waals surface area contributed by atoms with Gasteiger partial charge >= 0.3 is 6.09 Å². The van der Waals surface area contributed by atoms with Gasteiger partial charge in [0.15, 0.2) is 5.78 Å². The van der Waals surface area contributed by atoms with E-state index in [0.29, 0.717) is 12.8 Å². The molecule has 0 spiro atoms. The van der Waals surface area contributed by atoms with Crippen molar-refractivity contribution in [1.82, 2.24) is 5.32 Å². The predicted molar refractivity (Wildman–Crippen MR) is 102 cm³/mol. The SMILES string of the molecule is Cc1ccccc1-c1ccc2c(c1)CCC(=O)C2NC(=O)OC(C)(C)C. The fourth-order valence-corrected chi connectivity index (χ4v) is 3.33. The van der Waals surface area contributed by atoms with Gasteiger partial charge in [0.2, 0.25) is 0 Å². The first kappa shape index (κ1) is 18.2. The van der Waals surface area contributed by atoms with E-state index in [-0.39, 0.29) is 5.78 Å². The molecule has 1 unspecified atom stereocenters. The summed E-state index contributed by atoms with van der Waals surface area (Å²) in [5.41, 5.74) is 4.90. The molecule has 26 heavy (non-hydrogen) atoms. The monoisotopic (exact) mass is 351 g/mol. The molecule has 2 aromatic rings. The number of hydrogen-bond acceptors (Lipinski definition) is 3. The maximum Gasteiger partial charge on any atom is 0.408 e. The number of ketones is 1. The zero-order chi connectivity index (χ0) is 18.9. The number of rotatable bonds is 2. The number of ether oxygens (including phenoxy) is 1. The predicted octanol–water partition coefficient (Wildman–Crippen LogP) is 4.74. The van der Waals surface area contributed by atoms with E-state index < -0.39 is 17.7 Å². The highest BCUT2D eigenvalue weighted by atomic mass is 16.6. The van der Waals surface area contributed by atoms with Crippen LogP contribution in [0.5, 0.6) is 0 Å². The molecule has 0 saturated heterocycles. The molecule has 1 aliphatic rings.